The highest BCUT2D eigenvalue weighted by atomic mass is 16.5. The maximum Gasteiger partial charge on any atom is 0.305 e. The molecular weight excluding hydrogens is 887 g/mol. The zero-order chi connectivity index (χ0) is 52.2. The van der Waals surface area contributed by atoms with Gasteiger partial charge in [-0.1, -0.05) is 314 Å². The van der Waals surface area contributed by atoms with E-state index in [9.17, 15) is 19.8 Å². The molecule has 6 nitrogen and oxygen atoms in total. The van der Waals surface area contributed by atoms with Crippen LogP contribution in [0, 0.1) is 0 Å². The first-order chi connectivity index (χ1) is 35.5. The number of hydrogen-bond acceptors (Lipinski definition) is 5. The maximum atomic E-state index is 12.5. The van der Waals surface area contributed by atoms with Gasteiger partial charge in [-0.3, -0.25) is 9.59 Å². The Balaban J connectivity index is 3.45. The van der Waals surface area contributed by atoms with Crippen LogP contribution in [0.5, 0.6) is 0 Å². The average Bonchev–Trinajstić information content (AvgIpc) is 3.38. The van der Waals surface area contributed by atoms with E-state index < -0.39 is 12.1 Å². The maximum absolute atomic E-state index is 12.5. The Kier molecular flexibility index (Phi) is 60.0. The molecule has 0 bridgehead atoms. The molecule has 0 aromatic carbocycles. The smallest absolute Gasteiger partial charge is 0.305 e. The number of nitrogens with one attached hydrogen (secondary N) is 1. The Morgan fingerprint density at radius 3 is 1.11 bits per heavy atom. The molecular formula is C66H125NO5. The van der Waals surface area contributed by atoms with Gasteiger partial charge in [0.05, 0.1) is 25.4 Å². The fraction of sp³-hybridized carbons (Fsp3) is 0.879. The fourth-order valence-corrected chi connectivity index (χ4v) is 9.97. The van der Waals surface area contributed by atoms with Crippen LogP contribution in [0.15, 0.2) is 36.5 Å². The molecule has 0 saturated heterocycles. The van der Waals surface area contributed by atoms with Gasteiger partial charge >= 0.3 is 5.97 Å². The summed E-state index contributed by atoms with van der Waals surface area (Å²) < 4.78 is 5.47. The van der Waals surface area contributed by atoms with E-state index in [1.54, 1.807) is 6.08 Å². The van der Waals surface area contributed by atoms with Crippen LogP contribution >= 0.6 is 0 Å². The number of aliphatic hydroxyl groups is 2. The molecule has 0 radical (unpaired) electrons. The van der Waals surface area contributed by atoms with Crippen molar-refractivity contribution in [1.82, 2.24) is 5.32 Å². The summed E-state index contributed by atoms with van der Waals surface area (Å²) in [5, 5.41) is 23.2. The Labute approximate surface area is 449 Å². The fourth-order valence-electron chi connectivity index (χ4n) is 9.97. The molecule has 6 heteroatoms. The van der Waals surface area contributed by atoms with Crippen molar-refractivity contribution >= 4 is 11.9 Å². The minimum Gasteiger partial charge on any atom is -0.466 e. The normalized spacial score (nSPS) is 12.8. The van der Waals surface area contributed by atoms with Crippen molar-refractivity contribution < 1.29 is 24.5 Å². The predicted molar refractivity (Wildman–Crippen MR) is 315 cm³/mol. The lowest BCUT2D eigenvalue weighted by atomic mass is 10.0. The zero-order valence-electron chi connectivity index (χ0n) is 48.4. The van der Waals surface area contributed by atoms with E-state index in [0.717, 1.165) is 51.4 Å². The summed E-state index contributed by atoms with van der Waals surface area (Å²) in [7, 11) is 0. The van der Waals surface area contributed by atoms with Gasteiger partial charge in [-0.25, -0.2) is 0 Å². The van der Waals surface area contributed by atoms with Gasteiger partial charge in [-0.2, -0.15) is 0 Å². The Hall–Kier alpha value is -1.92. The number of unbranched alkanes of at least 4 members (excludes halogenated alkanes) is 45. The van der Waals surface area contributed by atoms with Crippen LogP contribution in [-0.4, -0.2) is 47.4 Å². The number of carbonyl (C=O) groups excluding carboxylic acids is 2. The highest BCUT2D eigenvalue weighted by molar-refractivity contribution is 5.76. The number of amides is 1. The molecule has 424 valence electrons. The van der Waals surface area contributed by atoms with Crippen molar-refractivity contribution in [3.05, 3.63) is 36.5 Å². The van der Waals surface area contributed by atoms with Gasteiger partial charge in [-0.15, -0.1) is 0 Å². The van der Waals surface area contributed by atoms with Crippen LogP contribution in [0.3, 0.4) is 0 Å². The zero-order valence-corrected chi connectivity index (χ0v) is 48.4. The van der Waals surface area contributed by atoms with Crippen LogP contribution in [0.4, 0.5) is 0 Å². The van der Waals surface area contributed by atoms with Crippen molar-refractivity contribution in [1.29, 1.82) is 0 Å². The highest BCUT2D eigenvalue weighted by Gasteiger charge is 2.18. The molecule has 0 spiro atoms. The van der Waals surface area contributed by atoms with Crippen LogP contribution in [-0.2, 0) is 14.3 Å². The quantitative estimate of drug-likeness (QED) is 0.0320. The average molecular weight is 1010 g/mol. The Morgan fingerprint density at radius 2 is 0.722 bits per heavy atom. The molecule has 3 N–H and O–H groups in total. The molecule has 1 amide bonds. The summed E-state index contributed by atoms with van der Waals surface area (Å²) in [6.07, 6.45) is 77.6. The minimum atomic E-state index is -0.849. The lowest BCUT2D eigenvalue weighted by Gasteiger charge is -2.20. The lowest BCUT2D eigenvalue weighted by molar-refractivity contribution is -0.143. The molecule has 0 aromatic heterocycles. The summed E-state index contributed by atoms with van der Waals surface area (Å²) in [5.74, 6) is -0.0776. The molecule has 2 unspecified atom stereocenters. The second kappa shape index (κ2) is 61.6. The third-order valence-corrected chi connectivity index (χ3v) is 14.9. The predicted octanol–water partition coefficient (Wildman–Crippen LogP) is 20.4. The SMILES string of the molecule is CCC/C=C\C/C=C\CCCCCCCC(=O)OCCCCCCCCCCCCCCCCCCCCC(=O)NC(CO)C(O)/C=C/CCCCCCCCCCCCCCCCCCCCCCCC. The molecule has 0 aromatic rings. The summed E-state index contributed by atoms with van der Waals surface area (Å²) in [6, 6.07) is -0.633. The molecule has 0 fully saturated rings. The Bertz CT molecular complexity index is 1170. The number of carbonyl (C=O) groups is 2. The molecule has 0 aliphatic carbocycles. The number of esters is 1. The molecule has 0 saturated carbocycles. The number of allylic oxidation sites excluding steroid dienone is 5. The number of hydrogen-bond donors (Lipinski definition) is 3. The van der Waals surface area contributed by atoms with Gasteiger partial charge in [0.1, 0.15) is 0 Å². The standard InChI is InChI=1S/C66H125NO5/c1-3-5-7-9-11-13-15-17-18-19-20-21-22-23-24-25-28-31-35-38-42-46-50-54-58-64(69)63(62-68)67-65(70)59-55-51-47-43-39-36-32-29-26-27-30-33-37-41-45-49-53-57-61-72-66(71)60-56-52-48-44-40-34-16-14-12-10-8-6-4-2/h8,10,14,16,54,58,63-64,68-69H,3-7,9,11-13,15,17-53,55-57,59-62H2,1-2H3,(H,67,70)/b10-8-,16-14-,58-54+. The van der Waals surface area contributed by atoms with Gasteiger partial charge in [0.2, 0.25) is 5.91 Å². The first-order valence-corrected chi connectivity index (χ1v) is 32.3. The highest BCUT2D eigenvalue weighted by Crippen LogP contribution is 2.18. The molecule has 0 heterocycles. The summed E-state index contributed by atoms with van der Waals surface area (Å²) in [4.78, 5) is 24.5. The molecule has 0 aliphatic rings. The summed E-state index contributed by atoms with van der Waals surface area (Å²) in [5.41, 5.74) is 0. The van der Waals surface area contributed by atoms with E-state index in [0.29, 0.717) is 19.4 Å². The second-order valence-electron chi connectivity index (χ2n) is 22.1. The van der Waals surface area contributed by atoms with Crippen LogP contribution < -0.4 is 5.32 Å². The molecule has 72 heavy (non-hydrogen) atoms. The number of ether oxygens (including phenoxy) is 1. The monoisotopic (exact) mass is 1010 g/mol. The van der Waals surface area contributed by atoms with E-state index in [-0.39, 0.29) is 18.5 Å². The van der Waals surface area contributed by atoms with Crippen molar-refractivity contribution in [2.45, 2.75) is 360 Å². The van der Waals surface area contributed by atoms with Gasteiger partial charge in [-0.05, 0) is 57.8 Å². The minimum absolute atomic E-state index is 0.00847. The first kappa shape index (κ1) is 70.1. The van der Waals surface area contributed by atoms with Crippen LogP contribution in [0.25, 0.3) is 0 Å². The molecule has 2 atom stereocenters. The topological polar surface area (TPSA) is 95.9 Å². The van der Waals surface area contributed by atoms with Crippen molar-refractivity contribution in [3.63, 3.8) is 0 Å². The van der Waals surface area contributed by atoms with Gasteiger partial charge in [0, 0.05) is 12.8 Å². The molecule has 0 aliphatic heterocycles. The van der Waals surface area contributed by atoms with Gasteiger partial charge in [0.15, 0.2) is 0 Å². The van der Waals surface area contributed by atoms with Gasteiger partial charge < -0.3 is 20.3 Å². The van der Waals surface area contributed by atoms with E-state index in [4.69, 9.17) is 4.74 Å². The Morgan fingerprint density at radius 1 is 0.389 bits per heavy atom. The van der Waals surface area contributed by atoms with E-state index in [2.05, 4.69) is 43.5 Å². The summed E-state index contributed by atoms with van der Waals surface area (Å²) >= 11 is 0. The van der Waals surface area contributed by atoms with Crippen molar-refractivity contribution in [2.24, 2.45) is 0 Å². The van der Waals surface area contributed by atoms with Crippen molar-refractivity contribution in [2.75, 3.05) is 13.2 Å². The van der Waals surface area contributed by atoms with Crippen molar-refractivity contribution in [3.8, 4) is 0 Å². The lowest BCUT2D eigenvalue weighted by Crippen LogP contribution is -2.45. The van der Waals surface area contributed by atoms with Gasteiger partial charge in [0.25, 0.3) is 0 Å². The third-order valence-electron chi connectivity index (χ3n) is 14.9. The summed E-state index contributed by atoms with van der Waals surface area (Å²) in [6.45, 7) is 4.85. The number of aliphatic hydroxyl groups excluding tert-OH is 2. The largest absolute Gasteiger partial charge is 0.466 e. The third kappa shape index (κ3) is 57.4. The van der Waals surface area contributed by atoms with E-state index in [1.165, 1.54) is 270 Å². The van der Waals surface area contributed by atoms with E-state index >= 15 is 0 Å². The van der Waals surface area contributed by atoms with E-state index in [1.807, 2.05) is 6.08 Å². The first-order valence-electron chi connectivity index (χ1n) is 32.3. The van der Waals surface area contributed by atoms with Crippen LogP contribution in [0.2, 0.25) is 0 Å². The number of rotatable bonds is 60. The second-order valence-corrected chi connectivity index (χ2v) is 22.1. The van der Waals surface area contributed by atoms with Crippen LogP contribution in [0.1, 0.15) is 348 Å². The molecule has 0 rings (SSSR count).